The maximum Gasteiger partial charge on any atom is 0.345 e. The number of rotatable bonds is 3. The molecular formula is C3H2N4O3S. The summed E-state index contributed by atoms with van der Waals surface area (Å²) in [6, 6.07) is 0. The third-order valence-electron chi connectivity index (χ3n) is 0.815. The van der Waals surface area contributed by atoms with Gasteiger partial charge in [-0.25, -0.2) is 10.4 Å². The fourth-order valence-electron chi connectivity index (χ4n) is 0.441. The number of anilines is 1. The van der Waals surface area contributed by atoms with Gasteiger partial charge in [-0.05, 0) is 11.3 Å². The van der Waals surface area contributed by atoms with Crippen LogP contribution in [0.25, 0.3) is 0 Å². The van der Waals surface area contributed by atoms with Gasteiger partial charge in [-0.3, -0.25) is 10.1 Å². The molecule has 0 amide bonds. The van der Waals surface area contributed by atoms with Gasteiger partial charge < -0.3 is 0 Å². The quantitative estimate of drug-likeness (QED) is 0.421. The van der Waals surface area contributed by atoms with Crippen LogP contribution in [0, 0.1) is 15.0 Å². The predicted molar refractivity (Wildman–Crippen MR) is 38.2 cm³/mol. The fourth-order valence-corrected chi connectivity index (χ4v) is 1.01. The monoisotopic (exact) mass is 174 g/mol. The van der Waals surface area contributed by atoms with Crippen LogP contribution in [-0.4, -0.2) is 9.91 Å². The summed E-state index contributed by atoms with van der Waals surface area (Å²) >= 11 is 0.751. The summed E-state index contributed by atoms with van der Waals surface area (Å²) in [5.41, 5.74) is 1.96. The van der Waals surface area contributed by atoms with Crippen LogP contribution in [-0.2, 0) is 0 Å². The first-order chi connectivity index (χ1) is 5.24. The molecule has 0 spiro atoms. The molecule has 8 heteroatoms. The predicted octanol–water partition coefficient (Wildman–Crippen LogP) is 1.14. The van der Waals surface area contributed by atoms with Crippen LogP contribution in [0.3, 0.4) is 0 Å². The molecule has 0 bridgehead atoms. The zero-order chi connectivity index (χ0) is 8.27. The Hall–Kier alpha value is -1.57. The molecule has 0 aliphatic rings. The van der Waals surface area contributed by atoms with Gasteiger partial charge in [0.1, 0.15) is 6.20 Å². The van der Waals surface area contributed by atoms with E-state index in [0.717, 1.165) is 17.5 Å². The van der Waals surface area contributed by atoms with E-state index in [9.17, 15) is 15.0 Å². The minimum absolute atomic E-state index is 0.117. The molecule has 0 atom stereocenters. The average Bonchev–Trinajstić information content (AvgIpc) is 2.37. The highest BCUT2D eigenvalue weighted by Gasteiger charge is 2.10. The summed E-state index contributed by atoms with van der Waals surface area (Å²) in [4.78, 5) is 22.6. The van der Waals surface area contributed by atoms with E-state index in [4.69, 9.17) is 0 Å². The highest BCUT2D eigenvalue weighted by molar-refractivity contribution is 7.18. The lowest BCUT2D eigenvalue weighted by atomic mass is 10.9. The molecule has 1 rings (SSSR count). The van der Waals surface area contributed by atoms with Gasteiger partial charge in [0.25, 0.3) is 0 Å². The number of hydrogen-bond acceptors (Lipinski definition) is 6. The standard InChI is InChI=1S/C3H2N4O3S/c8-6-5-3-4-1-2(11-3)7(9)10/h1H,(H,4,5,8). The molecule has 0 saturated heterocycles. The fraction of sp³-hybridized carbons (Fsp3) is 0. The Morgan fingerprint density at radius 2 is 2.55 bits per heavy atom. The summed E-state index contributed by atoms with van der Waals surface area (Å²) in [6.07, 6.45) is 1.05. The van der Waals surface area contributed by atoms with E-state index in [1.807, 2.05) is 5.43 Å². The van der Waals surface area contributed by atoms with Gasteiger partial charge in [-0.15, -0.1) is 4.91 Å². The number of nitrogens with one attached hydrogen (secondary N) is 1. The van der Waals surface area contributed by atoms with Crippen molar-refractivity contribution in [3.8, 4) is 0 Å². The number of nitro groups is 1. The van der Waals surface area contributed by atoms with E-state index in [1.54, 1.807) is 0 Å². The topological polar surface area (TPSA) is 97.5 Å². The second kappa shape index (κ2) is 3.01. The lowest BCUT2D eigenvalue weighted by Crippen LogP contribution is -1.81. The smallest absolute Gasteiger partial charge is 0.257 e. The van der Waals surface area contributed by atoms with Crippen molar-refractivity contribution in [2.24, 2.45) is 5.29 Å². The van der Waals surface area contributed by atoms with E-state index in [-0.39, 0.29) is 10.1 Å². The zero-order valence-corrected chi connectivity index (χ0v) is 5.87. The van der Waals surface area contributed by atoms with Crippen molar-refractivity contribution < 1.29 is 4.92 Å². The van der Waals surface area contributed by atoms with Crippen molar-refractivity contribution in [1.29, 1.82) is 0 Å². The van der Waals surface area contributed by atoms with Gasteiger partial charge in [0.05, 0.1) is 10.2 Å². The second-order valence-corrected chi connectivity index (χ2v) is 2.47. The molecule has 0 saturated carbocycles. The molecule has 0 aliphatic heterocycles. The van der Waals surface area contributed by atoms with Gasteiger partial charge in [0.2, 0.25) is 5.13 Å². The molecule has 1 N–H and O–H groups in total. The van der Waals surface area contributed by atoms with Crippen LogP contribution >= 0.6 is 11.3 Å². The summed E-state index contributed by atoms with van der Waals surface area (Å²) in [5.74, 6) is 0. The number of hydrogen-bond donors (Lipinski definition) is 1. The summed E-state index contributed by atoms with van der Waals surface area (Å²) in [5, 5.41) is 12.4. The zero-order valence-electron chi connectivity index (χ0n) is 5.05. The van der Waals surface area contributed by atoms with Crippen molar-refractivity contribution in [2.75, 3.05) is 5.43 Å². The first-order valence-corrected chi connectivity index (χ1v) is 3.24. The Bertz CT molecular complexity index is 284. The summed E-state index contributed by atoms with van der Waals surface area (Å²) in [7, 11) is 0. The SMILES string of the molecule is O=NNc1ncc([N+](=O)[O-])s1. The summed E-state index contributed by atoms with van der Waals surface area (Å²) < 4.78 is 0. The molecule has 0 aliphatic carbocycles. The average molecular weight is 174 g/mol. The molecule has 0 aromatic carbocycles. The molecule has 58 valence electrons. The van der Waals surface area contributed by atoms with Gasteiger partial charge in [0.15, 0.2) is 0 Å². The van der Waals surface area contributed by atoms with Crippen LogP contribution in [0.1, 0.15) is 0 Å². The van der Waals surface area contributed by atoms with E-state index in [2.05, 4.69) is 10.3 Å². The lowest BCUT2D eigenvalue weighted by Gasteiger charge is -1.81. The number of thiazole rings is 1. The Balaban J connectivity index is 2.81. The van der Waals surface area contributed by atoms with E-state index < -0.39 is 4.92 Å². The largest absolute Gasteiger partial charge is 0.345 e. The minimum Gasteiger partial charge on any atom is -0.257 e. The molecular weight excluding hydrogens is 172 g/mol. The Kier molecular flexibility index (Phi) is 2.06. The Morgan fingerprint density at radius 3 is 3.00 bits per heavy atom. The molecule has 1 heterocycles. The molecule has 0 unspecified atom stereocenters. The van der Waals surface area contributed by atoms with Crippen molar-refractivity contribution in [2.45, 2.75) is 0 Å². The number of aromatic nitrogens is 1. The molecule has 11 heavy (non-hydrogen) atoms. The number of nitrogens with zero attached hydrogens (tertiary/aromatic N) is 3. The molecule has 0 radical (unpaired) electrons. The highest BCUT2D eigenvalue weighted by Crippen LogP contribution is 2.24. The summed E-state index contributed by atoms with van der Waals surface area (Å²) in [6.45, 7) is 0. The third-order valence-corrected chi connectivity index (χ3v) is 1.67. The maximum absolute atomic E-state index is 10.1. The van der Waals surface area contributed by atoms with Gasteiger partial charge in [-0.2, -0.15) is 0 Å². The number of nitroso groups, excluding NO2 is 1. The molecule has 0 fully saturated rings. The van der Waals surface area contributed by atoms with Crippen LogP contribution < -0.4 is 5.43 Å². The van der Waals surface area contributed by atoms with E-state index in [0.29, 0.717) is 0 Å². The molecule has 1 aromatic rings. The van der Waals surface area contributed by atoms with E-state index in [1.165, 1.54) is 0 Å². The normalized spacial score (nSPS) is 9.09. The third kappa shape index (κ3) is 1.67. The first-order valence-electron chi connectivity index (χ1n) is 2.42. The van der Waals surface area contributed by atoms with Crippen LogP contribution in [0.5, 0.6) is 0 Å². The van der Waals surface area contributed by atoms with Crippen LogP contribution in [0.4, 0.5) is 10.1 Å². The molecule has 7 nitrogen and oxygen atoms in total. The van der Waals surface area contributed by atoms with Crippen LogP contribution in [0.2, 0.25) is 0 Å². The Labute approximate surface area is 64.2 Å². The highest BCUT2D eigenvalue weighted by atomic mass is 32.1. The Morgan fingerprint density at radius 1 is 1.82 bits per heavy atom. The lowest BCUT2D eigenvalue weighted by molar-refractivity contribution is -0.380. The second-order valence-electron chi connectivity index (χ2n) is 1.46. The van der Waals surface area contributed by atoms with Crippen molar-refractivity contribution in [1.82, 2.24) is 4.98 Å². The first kappa shape index (κ1) is 7.54. The molecule has 1 aromatic heterocycles. The van der Waals surface area contributed by atoms with Crippen molar-refractivity contribution in [3.63, 3.8) is 0 Å². The van der Waals surface area contributed by atoms with E-state index >= 15 is 0 Å². The van der Waals surface area contributed by atoms with Gasteiger partial charge in [0, 0.05) is 0 Å². The maximum atomic E-state index is 10.1. The van der Waals surface area contributed by atoms with Crippen molar-refractivity contribution in [3.05, 3.63) is 21.2 Å². The van der Waals surface area contributed by atoms with Crippen LogP contribution in [0.15, 0.2) is 11.5 Å². The van der Waals surface area contributed by atoms with Crippen molar-refractivity contribution >= 4 is 21.5 Å². The van der Waals surface area contributed by atoms with Gasteiger partial charge >= 0.3 is 5.00 Å². The van der Waals surface area contributed by atoms with Gasteiger partial charge in [-0.1, -0.05) is 0 Å². The minimum atomic E-state index is -0.590.